The van der Waals surface area contributed by atoms with Gasteiger partial charge in [-0.3, -0.25) is 0 Å². The van der Waals surface area contributed by atoms with Crippen LogP contribution in [0.4, 0.5) is 19.0 Å². The van der Waals surface area contributed by atoms with Gasteiger partial charge >= 0.3 is 6.18 Å². The van der Waals surface area contributed by atoms with E-state index in [9.17, 15) is 13.2 Å². The standard InChI is InChI=1S/C13H14F3N3O/c1-20-7-10(8-2-3-18-12(17)5-8)9-4-11(19-6-9)13(14,15)16/h2-6,10,19H,7H2,1H3,(H2,17,18)/t10-/m0/s1. The van der Waals surface area contributed by atoms with Gasteiger partial charge in [-0.1, -0.05) is 0 Å². The van der Waals surface area contributed by atoms with E-state index in [0.717, 1.165) is 11.6 Å². The Balaban J connectivity index is 2.36. The van der Waals surface area contributed by atoms with Gasteiger partial charge in [0.2, 0.25) is 0 Å². The molecule has 1 atom stereocenters. The molecule has 0 unspecified atom stereocenters. The van der Waals surface area contributed by atoms with Crippen molar-refractivity contribution in [1.82, 2.24) is 9.97 Å². The molecule has 0 saturated heterocycles. The number of alkyl halides is 3. The van der Waals surface area contributed by atoms with E-state index in [1.807, 2.05) is 0 Å². The average molecular weight is 285 g/mol. The minimum atomic E-state index is -4.40. The first-order valence-electron chi connectivity index (χ1n) is 5.87. The first-order chi connectivity index (χ1) is 9.41. The zero-order valence-corrected chi connectivity index (χ0v) is 10.7. The summed E-state index contributed by atoms with van der Waals surface area (Å²) in [5.74, 6) is -0.0205. The highest BCUT2D eigenvalue weighted by molar-refractivity contribution is 5.39. The van der Waals surface area contributed by atoms with Crippen LogP contribution >= 0.6 is 0 Å². The molecular formula is C13H14F3N3O. The number of H-pyrrole nitrogens is 1. The topological polar surface area (TPSA) is 63.9 Å². The lowest BCUT2D eigenvalue weighted by molar-refractivity contribution is -0.140. The van der Waals surface area contributed by atoms with Crippen LogP contribution in [-0.2, 0) is 10.9 Å². The highest BCUT2D eigenvalue weighted by Gasteiger charge is 2.33. The normalized spacial score (nSPS) is 13.4. The molecule has 0 aliphatic carbocycles. The zero-order valence-electron chi connectivity index (χ0n) is 10.7. The van der Waals surface area contributed by atoms with Crippen molar-refractivity contribution < 1.29 is 17.9 Å². The molecule has 0 saturated carbocycles. The molecule has 2 rings (SSSR count). The molecule has 3 N–H and O–H groups in total. The van der Waals surface area contributed by atoms with Crippen LogP contribution in [0.2, 0.25) is 0 Å². The predicted molar refractivity (Wildman–Crippen MR) is 68.2 cm³/mol. The number of rotatable bonds is 4. The lowest BCUT2D eigenvalue weighted by Gasteiger charge is -2.15. The minimum Gasteiger partial charge on any atom is -0.384 e. The van der Waals surface area contributed by atoms with Crippen LogP contribution in [0.25, 0.3) is 0 Å². The molecule has 0 bridgehead atoms. The molecule has 0 radical (unpaired) electrons. The van der Waals surface area contributed by atoms with E-state index in [1.165, 1.54) is 19.5 Å². The van der Waals surface area contributed by atoms with E-state index < -0.39 is 11.9 Å². The maximum Gasteiger partial charge on any atom is 0.431 e. The number of nitrogens with one attached hydrogen (secondary N) is 1. The van der Waals surface area contributed by atoms with Gasteiger partial charge in [0.05, 0.1) is 6.61 Å². The van der Waals surface area contributed by atoms with Crippen molar-refractivity contribution in [3.8, 4) is 0 Å². The first kappa shape index (κ1) is 14.4. The third-order valence-corrected chi connectivity index (χ3v) is 2.95. The molecule has 2 heterocycles. The van der Waals surface area contributed by atoms with Crippen LogP contribution in [0.5, 0.6) is 0 Å². The number of anilines is 1. The summed E-state index contributed by atoms with van der Waals surface area (Å²) in [4.78, 5) is 6.11. The molecule has 0 aliphatic heterocycles. The van der Waals surface area contributed by atoms with Crippen LogP contribution in [0.1, 0.15) is 22.7 Å². The summed E-state index contributed by atoms with van der Waals surface area (Å²) in [5, 5.41) is 0. The number of nitrogen functional groups attached to an aromatic ring is 1. The SMILES string of the molecule is COC[C@@H](c1ccnc(N)c1)c1c[nH]c(C(F)(F)F)c1. The first-order valence-corrected chi connectivity index (χ1v) is 5.87. The largest absolute Gasteiger partial charge is 0.431 e. The van der Waals surface area contributed by atoms with Crippen LogP contribution < -0.4 is 5.73 Å². The van der Waals surface area contributed by atoms with Gasteiger partial charge in [0.25, 0.3) is 0 Å². The van der Waals surface area contributed by atoms with Gasteiger partial charge in [-0.15, -0.1) is 0 Å². The van der Waals surface area contributed by atoms with Gasteiger partial charge in [-0.2, -0.15) is 13.2 Å². The maximum absolute atomic E-state index is 12.6. The predicted octanol–water partition coefficient (Wildman–Crippen LogP) is 2.79. The van der Waals surface area contributed by atoms with Crippen molar-refractivity contribution >= 4 is 5.82 Å². The van der Waals surface area contributed by atoms with E-state index in [0.29, 0.717) is 11.4 Å². The van der Waals surface area contributed by atoms with Gasteiger partial charge in [0.15, 0.2) is 0 Å². The second-order valence-electron chi connectivity index (χ2n) is 4.37. The number of hydrogen-bond acceptors (Lipinski definition) is 3. The summed E-state index contributed by atoms with van der Waals surface area (Å²) in [6.07, 6.45) is -1.54. The molecule has 0 spiro atoms. The van der Waals surface area contributed by atoms with Crippen molar-refractivity contribution in [3.63, 3.8) is 0 Å². The Labute approximate surface area is 113 Å². The van der Waals surface area contributed by atoms with Gasteiger partial charge in [0, 0.05) is 25.4 Å². The smallest absolute Gasteiger partial charge is 0.384 e. The van der Waals surface area contributed by atoms with E-state index in [4.69, 9.17) is 10.5 Å². The molecule has 4 nitrogen and oxygen atoms in total. The summed E-state index contributed by atoms with van der Waals surface area (Å²) < 4.78 is 43.0. The van der Waals surface area contributed by atoms with E-state index in [1.54, 1.807) is 12.1 Å². The number of ether oxygens (including phenoxy) is 1. The Kier molecular flexibility index (Phi) is 3.99. The Hall–Kier alpha value is -2.02. The summed E-state index contributed by atoms with van der Waals surface area (Å²) in [6.45, 7) is 0.249. The third kappa shape index (κ3) is 3.11. The second-order valence-corrected chi connectivity index (χ2v) is 4.37. The number of pyridine rings is 1. The average Bonchev–Trinajstić information content (AvgIpc) is 2.85. The molecule has 0 aliphatic rings. The van der Waals surface area contributed by atoms with Crippen LogP contribution in [0, 0.1) is 0 Å². The number of halogens is 3. The monoisotopic (exact) mass is 285 g/mol. The fourth-order valence-corrected chi connectivity index (χ4v) is 2.01. The number of aromatic nitrogens is 2. The summed E-state index contributed by atoms with van der Waals surface area (Å²) in [5.41, 5.74) is 6.07. The van der Waals surface area contributed by atoms with Crippen molar-refractivity contribution in [2.75, 3.05) is 19.5 Å². The summed E-state index contributed by atoms with van der Waals surface area (Å²) >= 11 is 0. The van der Waals surface area contributed by atoms with Crippen molar-refractivity contribution in [3.05, 3.63) is 47.4 Å². The summed E-state index contributed by atoms with van der Waals surface area (Å²) in [6, 6.07) is 4.42. The Morgan fingerprint density at radius 1 is 1.35 bits per heavy atom. The van der Waals surface area contributed by atoms with Crippen LogP contribution in [-0.4, -0.2) is 23.7 Å². The number of hydrogen-bond donors (Lipinski definition) is 2. The molecular weight excluding hydrogens is 271 g/mol. The third-order valence-electron chi connectivity index (χ3n) is 2.95. The van der Waals surface area contributed by atoms with Gasteiger partial charge in [-0.05, 0) is 29.3 Å². The van der Waals surface area contributed by atoms with E-state index in [-0.39, 0.29) is 12.5 Å². The lowest BCUT2D eigenvalue weighted by Crippen LogP contribution is -2.09. The molecule has 0 amide bonds. The van der Waals surface area contributed by atoms with Crippen LogP contribution in [0.15, 0.2) is 30.6 Å². The van der Waals surface area contributed by atoms with Crippen molar-refractivity contribution in [1.29, 1.82) is 0 Å². The lowest BCUT2D eigenvalue weighted by atomic mass is 9.94. The molecule has 0 aromatic carbocycles. The fraction of sp³-hybridized carbons (Fsp3) is 0.308. The maximum atomic E-state index is 12.6. The molecule has 108 valence electrons. The summed E-state index contributed by atoms with van der Waals surface area (Å²) in [7, 11) is 1.49. The quantitative estimate of drug-likeness (QED) is 0.908. The number of nitrogens with zero attached hydrogens (tertiary/aromatic N) is 1. The Morgan fingerprint density at radius 2 is 2.10 bits per heavy atom. The molecule has 2 aromatic heterocycles. The fourth-order valence-electron chi connectivity index (χ4n) is 2.01. The number of aromatic amines is 1. The van der Waals surface area contributed by atoms with Crippen molar-refractivity contribution in [2.45, 2.75) is 12.1 Å². The zero-order chi connectivity index (χ0) is 14.8. The molecule has 0 fully saturated rings. The second kappa shape index (κ2) is 5.54. The van der Waals surface area contributed by atoms with Crippen LogP contribution in [0.3, 0.4) is 0 Å². The van der Waals surface area contributed by atoms with E-state index in [2.05, 4.69) is 9.97 Å². The molecule has 7 heteroatoms. The Morgan fingerprint density at radius 3 is 2.65 bits per heavy atom. The van der Waals surface area contributed by atoms with Crippen molar-refractivity contribution in [2.24, 2.45) is 0 Å². The number of methoxy groups -OCH3 is 1. The molecule has 20 heavy (non-hydrogen) atoms. The van der Waals surface area contributed by atoms with E-state index >= 15 is 0 Å². The Bertz CT molecular complexity index is 580. The highest BCUT2D eigenvalue weighted by Crippen LogP contribution is 2.32. The van der Waals surface area contributed by atoms with Gasteiger partial charge in [0.1, 0.15) is 11.5 Å². The van der Waals surface area contributed by atoms with Gasteiger partial charge in [-0.25, -0.2) is 4.98 Å². The number of nitrogens with two attached hydrogens (primary N) is 1. The van der Waals surface area contributed by atoms with Gasteiger partial charge < -0.3 is 15.5 Å². The molecule has 2 aromatic rings. The highest BCUT2D eigenvalue weighted by atomic mass is 19.4. The minimum absolute atomic E-state index is 0.249.